The van der Waals surface area contributed by atoms with E-state index in [2.05, 4.69) is 15.0 Å². The van der Waals surface area contributed by atoms with Crippen molar-refractivity contribution >= 4 is 35.3 Å². The second-order valence-corrected chi connectivity index (χ2v) is 9.93. The van der Waals surface area contributed by atoms with E-state index in [-0.39, 0.29) is 40.1 Å². The van der Waals surface area contributed by atoms with Gasteiger partial charge in [-0.1, -0.05) is 23.7 Å². The molecule has 2 atom stereocenters. The van der Waals surface area contributed by atoms with Crippen molar-refractivity contribution in [2.45, 2.75) is 37.8 Å². The average Bonchev–Trinajstić information content (AvgIpc) is 3.10. The van der Waals surface area contributed by atoms with Gasteiger partial charge in [-0.2, -0.15) is 0 Å². The molecule has 0 aromatic heterocycles. The Bertz CT molecular complexity index is 1210. The summed E-state index contributed by atoms with van der Waals surface area (Å²) in [5.74, 6) is -1.22. The van der Waals surface area contributed by atoms with Gasteiger partial charge in [-0.15, -0.1) is 13.2 Å². The molecular formula is C26H27ClF4N4O3. The van der Waals surface area contributed by atoms with Gasteiger partial charge in [0.05, 0.1) is 10.7 Å². The summed E-state index contributed by atoms with van der Waals surface area (Å²) in [7, 11) is 3.01. The first-order valence-electron chi connectivity index (χ1n) is 11.9. The number of nitrogens with zero attached hydrogens (tertiary/aromatic N) is 3. The second-order valence-electron chi connectivity index (χ2n) is 9.53. The molecule has 0 spiro atoms. The number of fused-ring (bicyclic) bond motifs is 2. The summed E-state index contributed by atoms with van der Waals surface area (Å²) in [6.45, 7) is 1.96. The number of carbonyl (C=O) groups is 2. The first-order chi connectivity index (χ1) is 17.9. The Morgan fingerprint density at radius 1 is 1.13 bits per heavy atom. The Hall–Kier alpha value is -3.31. The predicted molar refractivity (Wildman–Crippen MR) is 135 cm³/mol. The number of ether oxygens (including phenoxy) is 1. The van der Waals surface area contributed by atoms with Gasteiger partial charge in [0.15, 0.2) is 0 Å². The van der Waals surface area contributed by atoms with Crippen LogP contribution in [0.1, 0.15) is 24.0 Å². The van der Waals surface area contributed by atoms with Crippen molar-refractivity contribution in [1.29, 1.82) is 0 Å². The number of alkyl halides is 3. The van der Waals surface area contributed by atoms with Crippen LogP contribution in [0.4, 0.5) is 28.0 Å². The maximum absolute atomic E-state index is 13.2. The minimum absolute atomic E-state index is 0.0198. The van der Waals surface area contributed by atoms with Gasteiger partial charge in [0.2, 0.25) is 5.91 Å². The smallest absolute Gasteiger partial charge is 0.404 e. The predicted octanol–water partition coefficient (Wildman–Crippen LogP) is 5.36. The number of amides is 3. The van der Waals surface area contributed by atoms with E-state index in [0.29, 0.717) is 19.6 Å². The zero-order valence-corrected chi connectivity index (χ0v) is 21.5. The SMILES string of the molecule is CN(C)C(=O)Nc1cc(Cl)c(OC(F)(F)F)cc1/C=C/C(=O)N1C2CCC1CN(Cc1ccc(F)cc1)C2. The van der Waals surface area contributed by atoms with Crippen LogP contribution in [0.3, 0.4) is 0 Å². The summed E-state index contributed by atoms with van der Waals surface area (Å²) in [4.78, 5) is 30.7. The van der Waals surface area contributed by atoms with Crippen molar-refractivity contribution in [3.8, 4) is 5.75 Å². The van der Waals surface area contributed by atoms with Gasteiger partial charge in [-0.25, -0.2) is 9.18 Å². The number of benzene rings is 2. The number of anilines is 1. The number of hydrogen-bond acceptors (Lipinski definition) is 4. The summed E-state index contributed by atoms with van der Waals surface area (Å²) in [5.41, 5.74) is 1.23. The van der Waals surface area contributed by atoms with E-state index >= 15 is 0 Å². The molecule has 38 heavy (non-hydrogen) atoms. The van der Waals surface area contributed by atoms with Gasteiger partial charge in [0.25, 0.3) is 0 Å². The van der Waals surface area contributed by atoms with Gasteiger partial charge in [-0.05, 0) is 48.7 Å². The molecule has 1 N–H and O–H groups in total. The molecule has 0 saturated carbocycles. The second kappa shape index (κ2) is 11.2. The highest BCUT2D eigenvalue weighted by molar-refractivity contribution is 6.32. The minimum Gasteiger partial charge on any atom is -0.404 e. The molecule has 2 unspecified atom stereocenters. The number of carbonyl (C=O) groups excluding carboxylic acids is 2. The van der Waals surface area contributed by atoms with E-state index in [1.54, 1.807) is 17.0 Å². The molecule has 0 aliphatic carbocycles. The molecule has 7 nitrogen and oxygen atoms in total. The summed E-state index contributed by atoms with van der Waals surface area (Å²) in [6.07, 6.45) is -0.677. The van der Waals surface area contributed by atoms with Crippen LogP contribution in [0.2, 0.25) is 5.02 Å². The van der Waals surface area contributed by atoms with E-state index in [1.165, 1.54) is 43.3 Å². The van der Waals surface area contributed by atoms with Crippen LogP contribution >= 0.6 is 11.6 Å². The number of urea groups is 1. The fourth-order valence-electron chi connectivity index (χ4n) is 4.82. The summed E-state index contributed by atoms with van der Waals surface area (Å²) < 4.78 is 55.8. The Morgan fingerprint density at radius 2 is 1.76 bits per heavy atom. The molecular weight excluding hydrogens is 528 g/mol. The number of rotatable bonds is 6. The molecule has 12 heteroatoms. The molecule has 2 fully saturated rings. The van der Waals surface area contributed by atoms with Crippen LogP contribution in [-0.4, -0.2) is 72.3 Å². The zero-order valence-electron chi connectivity index (χ0n) is 20.8. The number of halogens is 5. The van der Waals surface area contributed by atoms with Crippen LogP contribution in [0.5, 0.6) is 5.75 Å². The number of likely N-dealkylation sites (tertiary alicyclic amines) is 1. The van der Waals surface area contributed by atoms with Crippen LogP contribution in [0.25, 0.3) is 6.08 Å². The average molecular weight is 555 g/mol. The fraction of sp³-hybridized carbons (Fsp3) is 0.385. The number of piperazine rings is 1. The lowest BCUT2D eigenvalue weighted by Crippen LogP contribution is -2.55. The normalized spacial score (nSPS) is 19.6. The quantitative estimate of drug-likeness (QED) is 0.386. The van der Waals surface area contributed by atoms with E-state index in [0.717, 1.165) is 30.5 Å². The Labute approximate surface area is 222 Å². The van der Waals surface area contributed by atoms with Crippen molar-refractivity contribution in [3.05, 3.63) is 64.4 Å². The summed E-state index contributed by atoms with van der Waals surface area (Å²) in [6, 6.07) is 7.94. The molecule has 0 radical (unpaired) electrons. The van der Waals surface area contributed by atoms with Gasteiger partial charge in [0.1, 0.15) is 11.6 Å². The van der Waals surface area contributed by atoms with Crippen molar-refractivity contribution < 1.29 is 31.9 Å². The van der Waals surface area contributed by atoms with Crippen molar-refractivity contribution in [2.75, 3.05) is 32.5 Å². The molecule has 2 bridgehead atoms. The van der Waals surface area contributed by atoms with Crippen molar-refractivity contribution in [1.82, 2.24) is 14.7 Å². The molecule has 2 aliphatic heterocycles. The monoisotopic (exact) mass is 554 g/mol. The van der Waals surface area contributed by atoms with E-state index in [4.69, 9.17) is 11.6 Å². The molecule has 204 valence electrons. The molecule has 2 saturated heterocycles. The molecule has 4 rings (SSSR count). The first-order valence-corrected chi connectivity index (χ1v) is 12.3. The standard InChI is InChI=1S/C26H27ClF4N4O3/c1-33(2)25(37)32-22-12-21(27)23(38-26(29,30)31)11-17(22)5-10-24(36)35-19-8-9-20(35)15-34(14-19)13-16-3-6-18(28)7-4-16/h3-7,10-12,19-20H,8-9,13-15H2,1-2H3,(H,32,37)/b10-5+. The minimum atomic E-state index is -4.97. The largest absolute Gasteiger partial charge is 0.573 e. The Balaban J connectivity index is 1.51. The van der Waals surface area contributed by atoms with Gasteiger partial charge < -0.3 is 19.9 Å². The molecule has 3 amide bonds. The molecule has 2 aromatic rings. The first kappa shape index (κ1) is 27.7. The zero-order chi connectivity index (χ0) is 27.6. The number of nitrogens with one attached hydrogen (secondary N) is 1. The summed E-state index contributed by atoms with van der Waals surface area (Å²) in [5, 5.41) is 2.21. The topological polar surface area (TPSA) is 65.1 Å². The Morgan fingerprint density at radius 3 is 2.34 bits per heavy atom. The fourth-order valence-corrected chi connectivity index (χ4v) is 5.02. The van der Waals surface area contributed by atoms with E-state index < -0.39 is 18.1 Å². The third-order valence-corrected chi connectivity index (χ3v) is 6.81. The number of hydrogen-bond donors (Lipinski definition) is 1. The summed E-state index contributed by atoms with van der Waals surface area (Å²) >= 11 is 5.97. The third-order valence-electron chi connectivity index (χ3n) is 6.51. The third kappa shape index (κ3) is 6.76. The molecule has 2 aliphatic rings. The van der Waals surface area contributed by atoms with Crippen molar-refractivity contribution in [2.24, 2.45) is 0 Å². The lowest BCUT2D eigenvalue weighted by molar-refractivity contribution is -0.274. The van der Waals surface area contributed by atoms with Crippen LogP contribution in [0.15, 0.2) is 42.5 Å². The maximum Gasteiger partial charge on any atom is 0.573 e. The Kier molecular flexibility index (Phi) is 8.17. The highest BCUT2D eigenvalue weighted by atomic mass is 35.5. The van der Waals surface area contributed by atoms with Gasteiger partial charge in [0, 0.05) is 57.5 Å². The lowest BCUT2D eigenvalue weighted by Gasteiger charge is -2.40. The highest BCUT2D eigenvalue weighted by Gasteiger charge is 2.41. The van der Waals surface area contributed by atoms with E-state index in [1.807, 2.05) is 0 Å². The van der Waals surface area contributed by atoms with Gasteiger partial charge in [-0.3, -0.25) is 9.69 Å². The molecule has 2 heterocycles. The van der Waals surface area contributed by atoms with Crippen LogP contribution < -0.4 is 10.1 Å². The highest BCUT2D eigenvalue weighted by Crippen LogP contribution is 2.36. The van der Waals surface area contributed by atoms with Crippen LogP contribution in [-0.2, 0) is 11.3 Å². The van der Waals surface area contributed by atoms with E-state index in [9.17, 15) is 27.2 Å². The van der Waals surface area contributed by atoms with Crippen LogP contribution in [0, 0.1) is 5.82 Å². The van der Waals surface area contributed by atoms with Gasteiger partial charge >= 0.3 is 12.4 Å². The van der Waals surface area contributed by atoms with Crippen molar-refractivity contribution in [3.63, 3.8) is 0 Å². The molecule has 2 aromatic carbocycles. The maximum atomic E-state index is 13.2. The lowest BCUT2D eigenvalue weighted by atomic mass is 10.1.